The highest BCUT2D eigenvalue weighted by Crippen LogP contribution is 2.54. The minimum Gasteiger partial charge on any atom is -0.396 e. The van der Waals surface area contributed by atoms with Crippen LogP contribution in [0.4, 0.5) is 0 Å². The summed E-state index contributed by atoms with van der Waals surface area (Å²) in [5.74, 6) is -0.594. The molecular weight excluding hydrogens is 297 g/mol. The van der Waals surface area contributed by atoms with E-state index in [9.17, 15) is 24.4 Å². The third-order valence-electron chi connectivity index (χ3n) is 3.18. The predicted molar refractivity (Wildman–Crippen MR) is 75.8 cm³/mol. The Morgan fingerprint density at radius 3 is 2.48 bits per heavy atom. The fraction of sp³-hybridized carbons (Fsp3) is 0.462. The Hall–Kier alpha value is -1.24. The molecule has 0 saturated heterocycles. The summed E-state index contributed by atoms with van der Waals surface area (Å²) in [5, 5.41) is 18.8. The molecule has 0 radical (unpaired) electrons. The molecule has 0 bridgehead atoms. The van der Waals surface area contributed by atoms with Crippen LogP contribution in [0.2, 0.25) is 0 Å². The molecule has 1 atom stereocenters. The van der Waals surface area contributed by atoms with Crippen LogP contribution in [0.5, 0.6) is 0 Å². The van der Waals surface area contributed by atoms with Crippen LogP contribution >= 0.6 is 7.60 Å². The van der Waals surface area contributed by atoms with Gasteiger partial charge in [-0.25, -0.2) is 5.06 Å². The molecule has 1 unspecified atom stereocenters. The molecule has 0 aliphatic carbocycles. The van der Waals surface area contributed by atoms with E-state index in [1.165, 1.54) is 0 Å². The Labute approximate surface area is 123 Å². The molecule has 7 nitrogen and oxygen atoms in total. The highest BCUT2D eigenvalue weighted by molar-refractivity contribution is 7.52. The molecule has 1 amide bonds. The molecule has 0 saturated carbocycles. The molecule has 1 rings (SSSR count). The zero-order valence-electron chi connectivity index (χ0n) is 11.7. The number of hydroxylamine groups is 2. The number of aliphatic hydroxyl groups is 1. The van der Waals surface area contributed by atoms with Gasteiger partial charge in [0.05, 0.1) is 5.66 Å². The van der Waals surface area contributed by atoms with Crippen LogP contribution in [0.15, 0.2) is 24.3 Å². The number of carbonyl (C=O) groups is 1. The standard InChI is InChI=1S/C13H20NO6P/c1-10(16)14(17)8-6-13(21(18,19)20)12-5-3-2-4-11(12)7-9-15/h2-5,13,15,17H,6-9H2,1H3,(H2,18,19,20). The van der Waals surface area contributed by atoms with E-state index in [2.05, 4.69) is 0 Å². The molecule has 0 fully saturated rings. The number of benzene rings is 1. The Kier molecular flexibility index (Phi) is 6.51. The van der Waals surface area contributed by atoms with Crippen LogP contribution < -0.4 is 0 Å². The molecule has 8 heteroatoms. The van der Waals surface area contributed by atoms with Gasteiger partial charge in [-0.15, -0.1) is 0 Å². The first-order chi connectivity index (χ1) is 9.77. The number of hydrogen-bond acceptors (Lipinski definition) is 4. The number of amides is 1. The summed E-state index contributed by atoms with van der Waals surface area (Å²) in [5.41, 5.74) is -0.0632. The van der Waals surface area contributed by atoms with E-state index in [4.69, 9.17) is 5.11 Å². The zero-order valence-corrected chi connectivity index (χ0v) is 12.6. The number of carbonyl (C=O) groups excluding carboxylic acids is 1. The molecular formula is C13H20NO6P. The number of rotatable bonds is 7. The normalized spacial score (nSPS) is 13.0. The SMILES string of the molecule is CC(=O)N(O)CCC(c1ccccc1CCO)P(=O)(O)O. The Morgan fingerprint density at radius 2 is 1.95 bits per heavy atom. The van der Waals surface area contributed by atoms with E-state index in [1.54, 1.807) is 24.3 Å². The molecule has 1 aromatic carbocycles. The van der Waals surface area contributed by atoms with Crippen LogP contribution in [0.3, 0.4) is 0 Å². The van der Waals surface area contributed by atoms with E-state index < -0.39 is 19.2 Å². The average Bonchev–Trinajstić information content (AvgIpc) is 2.39. The summed E-state index contributed by atoms with van der Waals surface area (Å²) in [7, 11) is -4.47. The first-order valence-electron chi connectivity index (χ1n) is 6.48. The van der Waals surface area contributed by atoms with Gasteiger partial charge in [0.2, 0.25) is 5.91 Å². The maximum Gasteiger partial charge on any atom is 0.333 e. The summed E-state index contributed by atoms with van der Waals surface area (Å²) in [6.07, 6.45) is 0.199. The van der Waals surface area contributed by atoms with Crippen molar-refractivity contribution < 1.29 is 29.5 Å². The van der Waals surface area contributed by atoms with Crippen LogP contribution in [-0.2, 0) is 15.8 Å². The van der Waals surface area contributed by atoms with E-state index >= 15 is 0 Å². The highest BCUT2D eigenvalue weighted by Gasteiger charge is 2.32. The Balaban J connectivity index is 3.04. The highest BCUT2D eigenvalue weighted by atomic mass is 31.2. The molecule has 118 valence electrons. The summed E-state index contributed by atoms with van der Waals surface area (Å²) in [6.45, 7) is 0.842. The molecule has 0 spiro atoms. The lowest BCUT2D eigenvalue weighted by molar-refractivity contribution is -0.162. The largest absolute Gasteiger partial charge is 0.396 e. The van der Waals surface area contributed by atoms with Crippen molar-refractivity contribution in [2.24, 2.45) is 0 Å². The fourth-order valence-electron chi connectivity index (χ4n) is 2.11. The van der Waals surface area contributed by atoms with Gasteiger partial charge in [0, 0.05) is 20.1 Å². The van der Waals surface area contributed by atoms with Gasteiger partial charge in [0.1, 0.15) is 0 Å². The third-order valence-corrected chi connectivity index (χ3v) is 4.53. The van der Waals surface area contributed by atoms with E-state index in [0.717, 1.165) is 6.92 Å². The second-order valence-electron chi connectivity index (χ2n) is 4.71. The summed E-state index contributed by atoms with van der Waals surface area (Å²) < 4.78 is 11.7. The maximum atomic E-state index is 11.7. The van der Waals surface area contributed by atoms with Crippen molar-refractivity contribution >= 4 is 13.5 Å². The lowest BCUT2D eigenvalue weighted by Crippen LogP contribution is -2.27. The van der Waals surface area contributed by atoms with Crippen molar-refractivity contribution in [3.05, 3.63) is 35.4 Å². The smallest absolute Gasteiger partial charge is 0.333 e. The summed E-state index contributed by atoms with van der Waals surface area (Å²) in [4.78, 5) is 30.0. The quantitative estimate of drug-likeness (QED) is 0.339. The van der Waals surface area contributed by atoms with Gasteiger partial charge in [0.15, 0.2) is 0 Å². The average molecular weight is 317 g/mol. The topological polar surface area (TPSA) is 118 Å². The van der Waals surface area contributed by atoms with Crippen LogP contribution in [0.1, 0.15) is 30.1 Å². The van der Waals surface area contributed by atoms with Gasteiger partial charge in [-0.05, 0) is 24.0 Å². The third kappa shape index (κ3) is 5.22. The Morgan fingerprint density at radius 1 is 1.33 bits per heavy atom. The molecule has 0 aliphatic rings. The van der Waals surface area contributed by atoms with Crippen molar-refractivity contribution in [3.8, 4) is 0 Å². The van der Waals surface area contributed by atoms with Gasteiger partial charge in [-0.1, -0.05) is 24.3 Å². The molecule has 0 aliphatic heterocycles. The number of nitrogens with zero attached hydrogens (tertiary/aromatic N) is 1. The van der Waals surface area contributed by atoms with E-state index in [1.807, 2.05) is 0 Å². The number of hydrogen-bond donors (Lipinski definition) is 4. The number of aliphatic hydroxyl groups excluding tert-OH is 1. The van der Waals surface area contributed by atoms with Crippen LogP contribution in [0.25, 0.3) is 0 Å². The van der Waals surface area contributed by atoms with Gasteiger partial charge in [-0.3, -0.25) is 14.6 Å². The first-order valence-corrected chi connectivity index (χ1v) is 8.16. The maximum absolute atomic E-state index is 11.7. The van der Waals surface area contributed by atoms with Crippen molar-refractivity contribution in [2.45, 2.75) is 25.4 Å². The molecule has 0 aromatic heterocycles. The Bertz CT molecular complexity index is 529. The van der Waals surface area contributed by atoms with Gasteiger partial charge >= 0.3 is 7.60 Å². The van der Waals surface area contributed by atoms with Gasteiger partial charge in [0.25, 0.3) is 0 Å². The van der Waals surface area contributed by atoms with E-state index in [-0.39, 0.29) is 26.0 Å². The minimum absolute atomic E-state index is 0.0806. The van der Waals surface area contributed by atoms with Gasteiger partial charge in [-0.2, -0.15) is 0 Å². The van der Waals surface area contributed by atoms with Crippen LogP contribution in [0, 0.1) is 0 Å². The molecule has 0 heterocycles. The predicted octanol–water partition coefficient (Wildman–Crippen LogP) is 1.07. The lowest BCUT2D eigenvalue weighted by Gasteiger charge is -2.23. The molecule has 21 heavy (non-hydrogen) atoms. The second kappa shape index (κ2) is 7.68. The van der Waals surface area contributed by atoms with E-state index in [0.29, 0.717) is 16.2 Å². The minimum atomic E-state index is -4.47. The summed E-state index contributed by atoms with van der Waals surface area (Å²) >= 11 is 0. The first kappa shape index (κ1) is 17.8. The van der Waals surface area contributed by atoms with Crippen molar-refractivity contribution in [2.75, 3.05) is 13.2 Å². The molecule has 1 aromatic rings. The molecule has 4 N–H and O–H groups in total. The van der Waals surface area contributed by atoms with Crippen molar-refractivity contribution in [1.82, 2.24) is 5.06 Å². The second-order valence-corrected chi connectivity index (χ2v) is 6.51. The van der Waals surface area contributed by atoms with Gasteiger partial charge < -0.3 is 14.9 Å². The van der Waals surface area contributed by atoms with Crippen LogP contribution in [-0.4, -0.2) is 44.2 Å². The zero-order chi connectivity index (χ0) is 16.0. The summed E-state index contributed by atoms with van der Waals surface area (Å²) in [6, 6.07) is 6.65. The van der Waals surface area contributed by atoms with Crippen molar-refractivity contribution in [1.29, 1.82) is 0 Å². The lowest BCUT2D eigenvalue weighted by atomic mass is 10.00. The fourth-order valence-corrected chi connectivity index (χ4v) is 3.18. The monoisotopic (exact) mass is 317 g/mol. The van der Waals surface area contributed by atoms with Crippen molar-refractivity contribution in [3.63, 3.8) is 0 Å².